The second-order valence-electron chi connectivity index (χ2n) is 7.91. The number of piperidine rings is 1. The Bertz CT molecular complexity index is 676. The standard InChI is InChI=1S/C19H25FN2O4/c1-18(2,3)26-17(24)22-10-8-19(9-11-22)15(12-21-16(23)25-19)13-4-6-14(20)7-5-13/h4-7,15H,8-12H2,1-3H3,(H,21,23)/t15-/m0/s1. The number of likely N-dealkylation sites (tertiary alicyclic amines) is 1. The maximum absolute atomic E-state index is 13.3. The number of alkyl carbamates (subject to hydrolysis) is 1. The minimum absolute atomic E-state index is 0.0958. The minimum Gasteiger partial charge on any atom is -0.444 e. The lowest BCUT2D eigenvalue weighted by Crippen LogP contribution is -2.58. The molecule has 1 aromatic carbocycles. The van der Waals surface area contributed by atoms with Crippen LogP contribution in [0, 0.1) is 5.82 Å². The molecule has 2 aliphatic rings. The molecule has 2 aliphatic heterocycles. The molecule has 1 spiro atoms. The summed E-state index contributed by atoms with van der Waals surface area (Å²) in [5, 5.41) is 2.72. The van der Waals surface area contributed by atoms with Crippen LogP contribution in [0.4, 0.5) is 14.0 Å². The van der Waals surface area contributed by atoms with Gasteiger partial charge < -0.3 is 19.7 Å². The number of amides is 2. The molecule has 0 saturated carbocycles. The van der Waals surface area contributed by atoms with Gasteiger partial charge in [0.25, 0.3) is 0 Å². The van der Waals surface area contributed by atoms with Gasteiger partial charge in [0.05, 0.1) is 0 Å². The summed E-state index contributed by atoms with van der Waals surface area (Å²) in [6.45, 7) is 6.80. The topological polar surface area (TPSA) is 67.9 Å². The Morgan fingerprint density at radius 1 is 1.27 bits per heavy atom. The zero-order valence-electron chi connectivity index (χ0n) is 15.4. The molecular formula is C19H25FN2O4. The highest BCUT2D eigenvalue weighted by Crippen LogP contribution is 2.42. The normalized spacial score (nSPS) is 22.5. The minimum atomic E-state index is -0.696. The van der Waals surface area contributed by atoms with Crippen LogP contribution in [0.5, 0.6) is 0 Å². The van der Waals surface area contributed by atoms with E-state index >= 15 is 0 Å². The van der Waals surface area contributed by atoms with Gasteiger partial charge in [-0.25, -0.2) is 14.0 Å². The zero-order chi connectivity index (χ0) is 18.9. The van der Waals surface area contributed by atoms with Crippen LogP contribution in [0.25, 0.3) is 0 Å². The van der Waals surface area contributed by atoms with Crippen LogP contribution in [0.2, 0.25) is 0 Å². The lowest BCUT2D eigenvalue weighted by atomic mass is 9.75. The van der Waals surface area contributed by atoms with E-state index in [0.717, 1.165) is 5.56 Å². The summed E-state index contributed by atoms with van der Waals surface area (Å²) in [7, 11) is 0. The first-order valence-electron chi connectivity index (χ1n) is 8.89. The number of hydrogen-bond acceptors (Lipinski definition) is 4. The van der Waals surface area contributed by atoms with E-state index in [1.54, 1.807) is 17.0 Å². The molecule has 1 aromatic rings. The quantitative estimate of drug-likeness (QED) is 0.829. The molecule has 2 saturated heterocycles. The highest BCUT2D eigenvalue weighted by Gasteiger charge is 2.49. The Balaban J connectivity index is 1.75. The number of nitrogens with zero attached hydrogens (tertiary/aromatic N) is 1. The molecule has 7 heteroatoms. The van der Waals surface area contributed by atoms with Crippen LogP contribution in [0.15, 0.2) is 24.3 Å². The largest absolute Gasteiger partial charge is 0.444 e. The van der Waals surface area contributed by atoms with Crippen molar-refractivity contribution in [2.75, 3.05) is 19.6 Å². The summed E-state index contributed by atoms with van der Waals surface area (Å²) in [6, 6.07) is 6.27. The summed E-state index contributed by atoms with van der Waals surface area (Å²) in [4.78, 5) is 25.8. The number of benzene rings is 1. The van der Waals surface area contributed by atoms with Crippen molar-refractivity contribution in [1.29, 1.82) is 0 Å². The highest BCUT2D eigenvalue weighted by atomic mass is 19.1. The van der Waals surface area contributed by atoms with Crippen molar-refractivity contribution in [3.8, 4) is 0 Å². The molecule has 6 nitrogen and oxygen atoms in total. The molecular weight excluding hydrogens is 339 g/mol. The zero-order valence-corrected chi connectivity index (χ0v) is 15.4. The van der Waals surface area contributed by atoms with E-state index in [1.807, 2.05) is 20.8 Å². The van der Waals surface area contributed by atoms with E-state index in [2.05, 4.69) is 5.32 Å². The van der Waals surface area contributed by atoms with Crippen molar-refractivity contribution in [1.82, 2.24) is 10.2 Å². The maximum Gasteiger partial charge on any atom is 0.410 e. The van der Waals surface area contributed by atoms with E-state index < -0.39 is 17.3 Å². The molecule has 0 unspecified atom stereocenters. The molecule has 1 atom stereocenters. The Hall–Kier alpha value is -2.31. The van der Waals surface area contributed by atoms with E-state index in [1.165, 1.54) is 12.1 Å². The summed E-state index contributed by atoms with van der Waals surface area (Å²) in [5.74, 6) is -0.398. The van der Waals surface area contributed by atoms with Crippen molar-refractivity contribution in [3.05, 3.63) is 35.6 Å². The Morgan fingerprint density at radius 2 is 1.88 bits per heavy atom. The fraction of sp³-hybridized carbons (Fsp3) is 0.579. The lowest BCUT2D eigenvalue weighted by molar-refractivity contribution is -0.0705. The molecule has 3 rings (SSSR count). The molecule has 0 bridgehead atoms. The SMILES string of the molecule is CC(C)(C)OC(=O)N1CCC2(CC1)OC(=O)NC[C@H]2c1ccc(F)cc1. The number of nitrogens with one attached hydrogen (secondary N) is 1. The first-order valence-corrected chi connectivity index (χ1v) is 8.89. The number of ether oxygens (including phenoxy) is 2. The summed E-state index contributed by atoms with van der Waals surface area (Å²) < 4.78 is 24.4. The van der Waals surface area contributed by atoms with Crippen molar-refractivity contribution >= 4 is 12.2 Å². The van der Waals surface area contributed by atoms with Gasteiger partial charge in [-0.05, 0) is 38.5 Å². The second kappa shape index (κ2) is 6.78. The molecule has 2 heterocycles. The predicted molar refractivity (Wildman–Crippen MR) is 93.4 cm³/mol. The van der Waals surface area contributed by atoms with Crippen LogP contribution < -0.4 is 5.32 Å². The predicted octanol–water partition coefficient (Wildman–Crippen LogP) is 3.42. The van der Waals surface area contributed by atoms with Gasteiger partial charge in [-0.2, -0.15) is 0 Å². The number of halogens is 1. The van der Waals surface area contributed by atoms with Crippen molar-refractivity contribution in [2.24, 2.45) is 0 Å². The van der Waals surface area contributed by atoms with Gasteiger partial charge in [-0.1, -0.05) is 12.1 Å². The average molecular weight is 364 g/mol. The van der Waals surface area contributed by atoms with Crippen LogP contribution in [0.1, 0.15) is 45.1 Å². The van der Waals surface area contributed by atoms with Crippen LogP contribution >= 0.6 is 0 Å². The molecule has 2 fully saturated rings. The van der Waals surface area contributed by atoms with Gasteiger partial charge in [0.15, 0.2) is 0 Å². The molecule has 0 aromatic heterocycles. The third-order valence-electron chi connectivity index (χ3n) is 4.92. The van der Waals surface area contributed by atoms with Crippen molar-refractivity contribution in [3.63, 3.8) is 0 Å². The lowest BCUT2D eigenvalue weighted by Gasteiger charge is -2.48. The van der Waals surface area contributed by atoms with Gasteiger partial charge in [-0.3, -0.25) is 0 Å². The van der Waals surface area contributed by atoms with Gasteiger partial charge >= 0.3 is 12.2 Å². The third kappa shape index (κ3) is 3.92. The number of carbonyl (C=O) groups is 2. The van der Waals surface area contributed by atoms with Crippen LogP contribution in [-0.2, 0) is 9.47 Å². The fourth-order valence-corrected chi connectivity index (χ4v) is 3.62. The number of carbonyl (C=O) groups excluding carboxylic acids is 2. The van der Waals surface area contributed by atoms with Gasteiger partial charge in [0.1, 0.15) is 17.0 Å². The summed E-state index contributed by atoms with van der Waals surface area (Å²) in [5.41, 5.74) is -0.333. The van der Waals surface area contributed by atoms with Crippen LogP contribution in [-0.4, -0.2) is 47.9 Å². The van der Waals surface area contributed by atoms with Gasteiger partial charge in [0.2, 0.25) is 0 Å². The van der Waals surface area contributed by atoms with Gasteiger partial charge in [0, 0.05) is 38.4 Å². The Morgan fingerprint density at radius 3 is 2.46 bits per heavy atom. The smallest absolute Gasteiger partial charge is 0.410 e. The average Bonchev–Trinajstić information content (AvgIpc) is 2.55. The first kappa shape index (κ1) is 18.5. The maximum atomic E-state index is 13.3. The molecule has 26 heavy (non-hydrogen) atoms. The highest BCUT2D eigenvalue weighted by molar-refractivity contribution is 5.70. The second-order valence-corrected chi connectivity index (χ2v) is 7.91. The number of rotatable bonds is 1. The molecule has 142 valence electrons. The van der Waals surface area contributed by atoms with Crippen molar-refractivity contribution < 1.29 is 23.5 Å². The Kier molecular flexibility index (Phi) is 4.82. The summed E-state index contributed by atoms with van der Waals surface area (Å²) >= 11 is 0. The van der Waals surface area contributed by atoms with Crippen molar-refractivity contribution in [2.45, 2.75) is 50.7 Å². The summed E-state index contributed by atoms with van der Waals surface area (Å²) in [6.07, 6.45) is 0.226. The van der Waals surface area contributed by atoms with E-state index in [0.29, 0.717) is 32.5 Å². The third-order valence-corrected chi connectivity index (χ3v) is 4.92. The van der Waals surface area contributed by atoms with Crippen LogP contribution in [0.3, 0.4) is 0 Å². The van der Waals surface area contributed by atoms with E-state index in [-0.39, 0.29) is 17.8 Å². The van der Waals surface area contributed by atoms with E-state index in [4.69, 9.17) is 9.47 Å². The fourth-order valence-electron chi connectivity index (χ4n) is 3.62. The monoisotopic (exact) mass is 364 g/mol. The Labute approximate surface area is 152 Å². The number of hydrogen-bond donors (Lipinski definition) is 1. The molecule has 2 amide bonds. The molecule has 1 N–H and O–H groups in total. The van der Waals surface area contributed by atoms with Gasteiger partial charge in [-0.15, -0.1) is 0 Å². The molecule has 0 aliphatic carbocycles. The van der Waals surface area contributed by atoms with E-state index in [9.17, 15) is 14.0 Å². The first-order chi connectivity index (χ1) is 12.2. The molecule has 0 radical (unpaired) electrons.